The van der Waals surface area contributed by atoms with Gasteiger partial charge in [0.05, 0.1) is 7.11 Å². The first-order valence-electron chi connectivity index (χ1n) is 10.3. The number of pyridine rings is 1. The van der Waals surface area contributed by atoms with Crippen molar-refractivity contribution in [2.45, 2.75) is 19.1 Å². The molecule has 1 amide bonds. The molecule has 8 heteroatoms. The van der Waals surface area contributed by atoms with Crippen LogP contribution in [-0.2, 0) is 22.6 Å². The molecular formula is C25H22BrN3O4. The SMILES string of the molecule is COC(=O)[C@H](Cc1ccc(OCc2ccccc2)cc1)NC(=O)c1cn2cc(Br)ccc2n1. The third-order valence-electron chi connectivity index (χ3n) is 5.05. The van der Waals surface area contributed by atoms with Gasteiger partial charge in [0.2, 0.25) is 0 Å². The lowest BCUT2D eigenvalue weighted by Crippen LogP contribution is -2.43. The van der Waals surface area contributed by atoms with Gasteiger partial charge in [0, 0.05) is 23.3 Å². The van der Waals surface area contributed by atoms with Crippen LogP contribution in [0.15, 0.2) is 83.6 Å². The van der Waals surface area contributed by atoms with Crippen LogP contribution in [0.3, 0.4) is 0 Å². The van der Waals surface area contributed by atoms with Gasteiger partial charge >= 0.3 is 5.97 Å². The average Bonchev–Trinajstić information content (AvgIpc) is 3.26. The highest BCUT2D eigenvalue weighted by atomic mass is 79.9. The summed E-state index contributed by atoms with van der Waals surface area (Å²) in [6.07, 6.45) is 3.69. The Hall–Kier alpha value is -3.65. The minimum absolute atomic E-state index is 0.215. The van der Waals surface area contributed by atoms with E-state index in [4.69, 9.17) is 9.47 Å². The van der Waals surface area contributed by atoms with E-state index in [1.165, 1.54) is 7.11 Å². The Morgan fingerprint density at radius 1 is 1.00 bits per heavy atom. The van der Waals surface area contributed by atoms with Gasteiger partial charge in [0.15, 0.2) is 0 Å². The van der Waals surface area contributed by atoms with E-state index in [-0.39, 0.29) is 12.1 Å². The summed E-state index contributed by atoms with van der Waals surface area (Å²) in [6.45, 7) is 0.469. The summed E-state index contributed by atoms with van der Waals surface area (Å²) in [6, 6.07) is 20.1. The molecule has 4 rings (SSSR count). The highest BCUT2D eigenvalue weighted by Crippen LogP contribution is 2.16. The average molecular weight is 508 g/mol. The van der Waals surface area contributed by atoms with Crippen molar-refractivity contribution in [3.8, 4) is 5.75 Å². The van der Waals surface area contributed by atoms with Crippen molar-refractivity contribution in [3.05, 3.63) is 100 Å². The van der Waals surface area contributed by atoms with Crippen LogP contribution in [0.5, 0.6) is 5.75 Å². The second-order valence-corrected chi connectivity index (χ2v) is 8.33. The van der Waals surface area contributed by atoms with Gasteiger partial charge in [-0.05, 0) is 51.3 Å². The predicted octanol–water partition coefficient (Wildman–Crippen LogP) is 4.19. The summed E-state index contributed by atoms with van der Waals surface area (Å²) in [4.78, 5) is 29.4. The molecule has 0 aliphatic heterocycles. The van der Waals surface area contributed by atoms with Gasteiger partial charge < -0.3 is 19.2 Å². The maximum atomic E-state index is 12.8. The Morgan fingerprint density at radius 2 is 1.76 bits per heavy atom. The van der Waals surface area contributed by atoms with Crippen molar-refractivity contribution in [2.24, 2.45) is 0 Å². The molecule has 7 nitrogen and oxygen atoms in total. The largest absolute Gasteiger partial charge is 0.489 e. The number of amides is 1. The lowest BCUT2D eigenvalue weighted by atomic mass is 10.1. The summed E-state index contributed by atoms with van der Waals surface area (Å²) < 4.78 is 13.3. The van der Waals surface area contributed by atoms with Gasteiger partial charge in [0.1, 0.15) is 29.7 Å². The second kappa shape index (κ2) is 10.3. The molecule has 0 spiro atoms. The van der Waals surface area contributed by atoms with E-state index < -0.39 is 17.9 Å². The van der Waals surface area contributed by atoms with E-state index in [1.54, 1.807) is 22.9 Å². The number of halogens is 1. The van der Waals surface area contributed by atoms with E-state index in [0.29, 0.717) is 12.3 Å². The first-order valence-corrected chi connectivity index (χ1v) is 11.1. The molecular weight excluding hydrogens is 486 g/mol. The van der Waals surface area contributed by atoms with Crippen LogP contribution < -0.4 is 10.1 Å². The number of ether oxygens (including phenoxy) is 2. The highest BCUT2D eigenvalue weighted by molar-refractivity contribution is 9.10. The number of carbonyl (C=O) groups is 2. The molecule has 2 aromatic carbocycles. The quantitative estimate of drug-likeness (QED) is 0.361. The summed E-state index contributed by atoms with van der Waals surface area (Å²) >= 11 is 3.39. The van der Waals surface area contributed by atoms with Gasteiger partial charge in [-0.25, -0.2) is 9.78 Å². The number of nitrogens with zero attached hydrogens (tertiary/aromatic N) is 2. The van der Waals surface area contributed by atoms with Gasteiger partial charge in [-0.15, -0.1) is 0 Å². The molecule has 0 fully saturated rings. The van der Waals surface area contributed by atoms with Crippen LogP contribution >= 0.6 is 15.9 Å². The molecule has 2 heterocycles. The summed E-state index contributed by atoms with van der Waals surface area (Å²) in [7, 11) is 1.30. The monoisotopic (exact) mass is 507 g/mol. The molecule has 1 N–H and O–H groups in total. The maximum absolute atomic E-state index is 12.8. The normalized spacial score (nSPS) is 11.7. The molecule has 168 valence electrons. The minimum atomic E-state index is -0.852. The highest BCUT2D eigenvalue weighted by Gasteiger charge is 2.24. The zero-order valence-electron chi connectivity index (χ0n) is 17.9. The Morgan fingerprint density at radius 3 is 2.48 bits per heavy atom. The third-order valence-corrected chi connectivity index (χ3v) is 5.52. The minimum Gasteiger partial charge on any atom is -0.489 e. The van der Waals surface area contributed by atoms with Crippen molar-refractivity contribution in [1.29, 1.82) is 0 Å². The van der Waals surface area contributed by atoms with Crippen molar-refractivity contribution in [3.63, 3.8) is 0 Å². The van der Waals surface area contributed by atoms with Crippen molar-refractivity contribution >= 4 is 33.5 Å². The predicted molar refractivity (Wildman–Crippen MR) is 127 cm³/mol. The van der Waals surface area contributed by atoms with Crippen LogP contribution in [0, 0.1) is 0 Å². The van der Waals surface area contributed by atoms with Crippen LogP contribution in [0.25, 0.3) is 5.65 Å². The topological polar surface area (TPSA) is 81.9 Å². The molecule has 0 saturated heterocycles. The Balaban J connectivity index is 1.41. The van der Waals surface area contributed by atoms with Gasteiger partial charge in [-0.1, -0.05) is 42.5 Å². The Kier molecular flexibility index (Phi) is 7.04. The molecule has 0 unspecified atom stereocenters. The van der Waals surface area contributed by atoms with E-state index in [2.05, 4.69) is 26.2 Å². The number of hydrogen-bond donors (Lipinski definition) is 1. The molecule has 2 aromatic heterocycles. The number of fused-ring (bicyclic) bond motifs is 1. The zero-order valence-corrected chi connectivity index (χ0v) is 19.5. The first-order chi connectivity index (χ1) is 16.0. The molecule has 0 radical (unpaired) electrons. The number of nitrogens with one attached hydrogen (secondary N) is 1. The summed E-state index contributed by atoms with van der Waals surface area (Å²) in [5.41, 5.74) is 2.78. The Bertz CT molecular complexity index is 1260. The van der Waals surface area contributed by atoms with E-state index >= 15 is 0 Å². The van der Waals surface area contributed by atoms with Gasteiger partial charge in [0.25, 0.3) is 5.91 Å². The fourth-order valence-electron chi connectivity index (χ4n) is 3.34. The third kappa shape index (κ3) is 5.78. The van der Waals surface area contributed by atoms with Crippen LogP contribution in [0.4, 0.5) is 0 Å². The van der Waals surface area contributed by atoms with E-state index in [0.717, 1.165) is 21.3 Å². The maximum Gasteiger partial charge on any atom is 0.328 e. The molecule has 0 aliphatic rings. The number of esters is 1. The number of benzene rings is 2. The number of methoxy groups -OCH3 is 1. The fraction of sp³-hybridized carbons (Fsp3) is 0.160. The second-order valence-electron chi connectivity index (χ2n) is 7.41. The zero-order chi connectivity index (χ0) is 23.2. The summed E-state index contributed by atoms with van der Waals surface area (Å²) in [5, 5.41) is 2.74. The van der Waals surface area contributed by atoms with Crippen molar-refractivity contribution < 1.29 is 19.1 Å². The Labute approximate surface area is 199 Å². The number of carbonyl (C=O) groups excluding carboxylic acids is 2. The summed E-state index contributed by atoms with van der Waals surface area (Å²) in [5.74, 6) is -0.260. The molecule has 0 aliphatic carbocycles. The molecule has 0 saturated carbocycles. The van der Waals surface area contributed by atoms with E-state index in [9.17, 15) is 9.59 Å². The fourth-order valence-corrected chi connectivity index (χ4v) is 3.69. The van der Waals surface area contributed by atoms with E-state index in [1.807, 2.05) is 60.7 Å². The lowest BCUT2D eigenvalue weighted by molar-refractivity contribution is -0.142. The number of aromatic nitrogens is 2. The molecule has 0 bridgehead atoms. The lowest BCUT2D eigenvalue weighted by Gasteiger charge is -2.16. The number of imidazole rings is 1. The molecule has 33 heavy (non-hydrogen) atoms. The van der Waals surface area contributed by atoms with Gasteiger partial charge in [-0.2, -0.15) is 0 Å². The number of rotatable bonds is 8. The first kappa shape index (κ1) is 22.5. The van der Waals surface area contributed by atoms with Crippen molar-refractivity contribution in [1.82, 2.24) is 14.7 Å². The van der Waals surface area contributed by atoms with Crippen molar-refractivity contribution in [2.75, 3.05) is 7.11 Å². The standard InChI is InChI=1S/C25H22BrN3O4/c1-32-25(31)21(28-24(30)22-15-29-14-19(26)9-12-23(29)27-22)13-17-7-10-20(11-8-17)33-16-18-5-3-2-4-6-18/h2-12,14-15,21H,13,16H2,1H3,(H,28,30)/t21-/m0/s1. The molecule has 4 aromatic rings. The van der Waals surface area contributed by atoms with Crippen LogP contribution in [0.2, 0.25) is 0 Å². The van der Waals surface area contributed by atoms with Crippen LogP contribution in [-0.4, -0.2) is 34.4 Å². The number of hydrogen-bond acceptors (Lipinski definition) is 5. The van der Waals surface area contributed by atoms with Crippen LogP contribution in [0.1, 0.15) is 21.6 Å². The smallest absolute Gasteiger partial charge is 0.328 e. The molecule has 1 atom stereocenters. The van der Waals surface area contributed by atoms with Gasteiger partial charge in [-0.3, -0.25) is 4.79 Å².